The van der Waals surface area contributed by atoms with Crippen LogP contribution in [0.5, 0.6) is 5.75 Å². The molecule has 0 unspecified atom stereocenters. The van der Waals surface area contributed by atoms with Crippen molar-refractivity contribution in [3.63, 3.8) is 0 Å². The number of fused-ring (bicyclic) bond motifs is 1. The van der Waals surface area contributed by atoms with Crippen LogP contribution < -0.4 is 4.74 Å². The molecule has 1 fully saturated rings. The first-order chi connectivity index (χ1) is 15.0. The molecule has 2 aromatic carbocycles. The number of hydrogen-bond donors (Lipinski definition) is 1. The number of rotatable bonds is 3. The summed E-state index contributed by atoms with van der Waals surface area (Å²) in [5.74, 6) is -0.722. The van der Waals surface area contributed by atoms with E-state index in [0.29, 0.717) is 43.7 Å². The summed E-state index contributed by atoms with van der Waals surface area (Å²) in [6.45, 7) is 1.11. The molecule has 5 rings (SSSR count). The number of hydrogen-bond acceptors (Lipinski definition) is 4. The molecule has 0 bridgehead atoms. The monoisotopic (exact) mass is 433 g/mol. The zero-order valence-corrected chi connectivity index (χ0v) is 17.8. The van der Waals surface area contributed by atoms with Crippen molar-refractivity contribution in [3.05, 3.63) is 77.2 Å². The third-order valence-corrected chi connectivity index (χ3v) is 7.31. The fourth-order valence-electron chi connectivity index (χ4n) is 4.66. The maximum atomic E-state index is 13.0. The van der Waals surface area contributed by atoms with Gasteiger partial charge in [-0.15, -0.1) is 11.3 Å². The molecule has 1 atom stereocenters. The lowest BCUT2D eigenvalue weighted by Gasteiger charge is -2.46. The molecule has 0 saturated carbocycles. The van der Waals surface area contributed by atoms with Gasteiger partial charge in [-0.1, -0.05) is 36.4 Å². The molecule has 31 heavy (non-hydrogen) atoms. The van der Waals surface area contributed by atoms with E-state index in [2.05, 4.69) is 6.07 Å². The number of carboxylic acids is 1. The van der Waals surface area contributed by atoms with Crippen molar-refractivity contribution in [2.75, 3.05) is 13.1 Å². The number of amides is 1. The van der Waals surface area contributed by atoms with Crippen molar-refractivity contribution in [2.24, 2.45) is 0 Å². The van der Waals surface area contributed by atoms with Crippen LogP contribution in [0.25, 0.3) is 10.4 Å². The van der Waals surface area contributed by atoms with Crippen LogP contribution in [0.15, 0.2) is 66.0 Å². The lowest BCUT2D eigenvalue weighted by Crippen LogP contribution is -2.52. The first-order valence-corrected chi connectivity index (χ1v) is 11.4. The van der Waals surface area contributed by atoms with Gasteiger partial charge in [0.25, 0.3) is 5.91 Å². The maximum absolute atomic E-state index is 13.0. The highest BCUT2D eigenvalue weighted by Crippen LogP contribution is 2.45. The lowest BCUT2D eigenvalue weighted by atomic mass is 9.77. The normalized spacial score (nSPS) is 19.5. The molecule has 1 amide bonds. The molecule has 2 aliphatic rings. The number of nitrogens with zero attached hydrogens (tertiary/aromatic N) is 1. The number of benzene rings is 2. The highest BCUT2D eigenvalue weighted by atomic mass is 32.1. The number of likely N-dealkylation sites (tertiary alicyclic amines) is 1. The van der Waals surface area contributed by atoms with Gasteiger partial charge in [0.05, 0.1) is 5.92 Å². The molecular weight excluding hydrogens is 410 g/mol. The minimum atomic E-state index is -0.820. The smallest absolute Gasteiger partial charge is 0.311 e. The minimum absolute atomic E-state index is 0.0126. The summed E-state index contributed by atoms with van der Waals surface area (Å²) in [4.78, 5) is 28.0. The van der Waals surface area contributed by atoms with Crippen molar-refractivity contribution >= 4 is 23.2 Å². The van der Waals surface area contributed by atoms with E-state index < -0.39 is 17.5 Å². The number of piperidine rings is 1. The van der Waals surface area contributed by atoms with Crippen molar-refractivity contribution < 1.29 is 19.4 Å². The second kappa shape index (κ2) is 7.85. The Labute approximate surface area is 184 Å². The van der Waals surface area contributed by atoms with Crippen LogP contribution in [0.3, 0.4) is 0 Å². The molecule has 0 radical (unpaired) electrons. The second-order valence-electron chi connectivity index (χ2n) is 8.26. The summed E-state index contributed by atoms with van der Waals surface area (Å²) < 4.78 is 6.33. The summed E-state index contributed by atoms with van der Waals surface area (Å²) in [5, 5.41) is 11.8. The molecule has 6 heteroatoms. The highest BCUT2D eigenvalue weighted by molar-refractivity contribution is 7.13. The van der Waals surface area contributed by atoms with E-state index in [-0.39, 0.29) is 5.91 Å². The standard InChI is InChI=1S/C25H23NO4S/c27-23(18-9-7-17(8-10-18)22-6-3-15-31-22)26-13-11-25(12-14-26)16-20(24(28)29)19-4-1-2-5-21(19)30-25/h1-10,15,20H,11-14,16H2,(H,28,29)/t20-/m0/s1. The number of thiophene rings is 1. The van der Waals surface area contributed by atoms with Crippen LogP contribution in [0.2, 0.25) is 0 Å². The van der Waals surface area contributed by atoms with E-state index in [4.69, 9.17) is 4.74 Å². The molecule has 1 spiro atoms. The molecule has 1 N–H and O–H groups in total. The first-order valence-electron chi connectivity index (χ1n) is 10.5. The predicted molar refractivity (Wildman–Crippen MR) is 120 cm³/mol. The van der Waals surface area contributed by atoms with Crippen LogP contribution in [-0.4, -0.2) is 40.6 Å². The van der Waals surface area contributed by atoms with Crippen molar-refractivity contribution in [3.8, 4) is 16.2 Å². The van der Waals surface area contributed by atoms with E-state index in [1.807, 2.05) is 64.9 Å². The highest BCUT2D eigenvalue weighted by Gasteiger charge is 2.46. The van der Waals surface area contributed by atoms with Gasteiger partial charge in [-0.25, -0.2) is 0 Å². The van der Waals surface area contributed by atoms with Gasteiger partial charge in [-0.2, -0.15) is 0 Å². The quantitative estimate of drug-likeness (QED) is 0.628. The maximum Gasteiger partial charge on any atom is 0.311 e. The molecular formula is C25H23NO4S. The fourth-order valence-corrected chi connectivity index (χ4v) is 5.40. The molecule has 5 nitrogen and oxygen atoms in total. The molecule has 158 valence electrons. The van der Waals surface area contributed by atoms with Gasteiger partial charge in [-0.05, 0) is 35.2 Å². The number of aliphatic carboxylic acids is 1. The molecule has 3 aromatic rings. The second-order valence-corrected chi connectivity index (χ2v) is 9.21. The third-order valence-electron chi connectivity index (χ3n) is 6.39. The van der Waals surface area contributed by atoms with Crippen LogP contribution in [0, 0.1) is 0 Å². The van der Waals surface area contributed by atoms with Crippen molar-refractivity contribution in [1.29, 1.82) is 0 Å². The Morgan fingerprint density at radius 1 is 1.00 bits per heavy atom. The summed E-state index contributed by atoms with van der Waals surface area (Å²) in [7, 11) is 0. The van der Waals surface area contributed by atoms with E-state index in [1.54, 1.807) is 11.3 Å². The average molecular weight is 434 g/mol. The largest absolute Gasteiger partial charge is 0.487 e. The van der Waals surface area contributed by atoms with Crippen LogP contribution >= 0.6 is 11.3 Å². The topological polar surface area (TPSA) is 66.8 Å². The van der Waals surface area contributed by atoms with E-state index in [1.165, 1.54) is 4.88 Å². The number of para-hydroxylation sites is 1. The SMILES string of the molecule is O=C(O)[C@H]1CC2(CCN(C(=O)c3ccc(-c4cccs4)cc3)CC2)Oc2ccccc21. The van der Waals surface area contributed by atoms with Gasteiger partial charge in [0.1, 0.15) is 11.4 Å². The lowest BCUT2D eigenvalue weighted by molar-refractivity contribution is -0.142. The zero-order chi connectivity index (χ0) is 21.4. The number of carbonyl (C=O) groups excluding carboxylic acids is 1. The number of carbonyl (C=O) groups is 2. The predicted octanol–water partition coefficient (Wildman–Crippen LogP) is 5.04. The molecule has 1 saturated heterocycles. The summed E-state index contributed by atoms with van der Waals surface area (Å²) >= 11 is 1.68. The Morgan fingerprint density at radius 3 is 2.42 bits per heavy atom. The Bertz CT molecular complexity index is 1100. The van der Waals surface area contributed by atoms with Gasteiger partial charge >= 0.3 is 5.97 Å². The Kier molecular flexibility index (Phi) is 5.02. The number of ether oxygens (including phenoxy) is 1. The first kappa shape index (κ1) is 19.8. The van der Waals surface area contributed by atoms with Crippen LogP contribution in [0.4, 0.5) is 0 Å². The van der Waals surface area contributed by atoms with Gasteiger partial charge in [0.15, 0.2) is 0 Å². The third kappa shape index (κ3) is 3.72. The fraction of sp³-hybridized carbons (Fsp3) is 0.280. The molecule has 1 aromatic heterocycles. The van der Waals surface area contributed by atoms with Crippen molar-refractivity contribution in [2.45, 2.75) is 30.8 Å². The molecule has 3 heterocycles. The summed E-state index contributed by atoms with van der Waals surface area (Å²) in [6.07, 6.45) is 1.70. The van der Waals surface area contributed by atoms with Gasteiger partial charge < -0.3 is 14.7 Å². The zero-order valence-electron chi connectivity index (χ0n) is 17.0. The molecule has 2 aliphatic heterocycles. The van der Waals surface area contributed by atoms with E-state index in [9.17, 15) is 14.7 Å². The average Bonchev–Trinajstić information content (AvgIpc) is 3.34. The van der Waals surface area contributed by atoms with Gasteiger partial charge in [-0.3, -0.25) is 9.59 Å². The molecule has 0 aliphatic carbocycles. The number of carboxylic acid groups (broad SMARTS) is 1. The van der Waals surface area contributed by atoms with E-state index >= 15 is 0 Å². The van der Waals surface area contributed by atoms with Gasteiger partial charge in [0, 0.05) is 48.4 Å². The van der Waals surface area contributed by atoms with Crippen LogP contribution in [-0.2, 0) is 4.79 Å². The van der Waals surface area contributed by atoms with E-state index in [0.717, 1.165) is 11.1 Å². The van der Waals surface area contributed by atoms with Crippen molar-refractivity contribution in [1.82, 2.24) is 4.90 Å². The minimum Gasteiger partial charge on any atom is -0.487 e. The Hall–Kier alpha value is -3.12. The Balaban J connectivity index is 1.29. The Morgan fingerprint density at radius 2 is 1.74 bits per heavy atom. The summed E-state index contributed by atoms with van der Waals surface area (Å²) in [5.41, 5.74) is 2.00. The summed E-state index contributed by atoms with van der Waals surface area (Å²) in [6, 6.07) is 19.2. The van der Waals surface area contributed by atoms with Crippen LogP contribution in [0.1, 0.15) is 41.1 Å². The van der Waals surface area contributed by atoms with Gasteiger partial charge in [0.2, 0.25) is 0 Å².